The van der Waals surface area contributed by atoms with Gasteiger partial charge in [-0.15, -0.1) is 24.8 Å². The average Bonchev–Trinajstić information content (AvgIpc) is 4.00. The van der Waals surface area contributed by atoms with Crippen LogP contribution in [-0.4, -0.2) is 126 Å². The number of ketones is 1. The van der Waals surface area contributed by atoms with Gasteiger partial charge in [0.05, 0.1) is 24.2 Å². The summed E-state index contributed by atoms with van der Waals surface area (Å²) in [5.74, 6) is -4.85. The van der Waals surface area contributed by atoms with Crippen molar-refractivity contribution < 1.29 is 38.4 Å². The van der Waals surface area contributed by atoms with Crippen LogP contribution in [0.1, 0.15) is 149 Å². The van der Waals surface area contributed by atoms with E-state index in [9.17, 15) is 38.4 Å². The minimum Gasteiger partial charge on any atom is -0.351 e. The number of nitrogens with zero attached hydrogens (tertiary/aromatic N) is 2. The van der Waals surface area contributed by atoms with Crippen molar-refractivity contribution in [2.45, 2.75) is 181 Å². The van der Waals surface area contributed by atoms with Gasteiger partial charge < -0.3 is 47.0 Å². The van der Waals surface area contributed by atoms with E-state index in [1.165, 1.54) is 20.9 Å². The molecular formula is C57H87Cl2N9O8. The average molecular weight is 1100 g/mol. The Balaban J connectivity index is 0.00000624. The Bertz CT molecular complexity index is 2250. The molecule has 0 spiro atoms. The fraction of sp³-hybridized carbons (Fsp3) is 0.649. The van der Waals surface area contributed by atoms with Crippen molar-refractivity contribution in [2.24, 2.45) is 28.6 Å². The maximum atomic E-state index is 14.7. The first-order valence-electron chi connectivity index (χ1n) is 27.0. The maximum Gasteiger partial charge on any atom is 0.246 e. The number of nitrogens with one attached hydrogen (secondary N) is 7. The van der Waals surface area contributed by atoms with Crippen LogP contribution in [0, 0.1) is 28.6 Å². The van der Waals surface area contributed by atoms with E-state index < -0.39 is 88.6 Å². The molecule has 2 saturated heterocycles. The molecule has 2 aliphatic heterocycles. The van der Waals surface area contributed by atoms with Crippen LogP contribution in [0.4, 0.5) is 0 Å². The van der Waals surface area contributed by atoms with Gasteiger partial charge in [0.1, 0.15) is 30.0 Å². The standard InChI is InChI=1S/C57H85N9O8.2ClH/c1-32(46(67)28-36-27-44(52(71)61-42-25-17-21-37-19-13-15-23-40(37)42)65(30-36)54(73)47(56(5,6)7)63-50(69)34(3)58-11)33(2)49(68)60-39-29-45(53(72)62-43-26-18-22-38-20-14-16-24-41(38)43)66(31-39)55(74)48(57(8,9)10)64-51(70)35(4)59-12;;/h13-16,19-20,23-24,32-36,39,42-45,47-48,58-59H,17-18,21-22,25-31H2,1-12H3,(H,60,68)(H,61,71)(H,62,72)(H,63,69)(H,64,70);2*1H/t32?,33?,34-,35-,36+,39-,42+,43+,44-,45-,47+,48+;;/m0../s1. The van der Waals surface area contributed by atoms with E-state index >= 15 is 0 Å². The molecule has 0 bridgehead atoms. The van der Waals surface area contributed by atoms with Gasteiger partial charge in [0.2, 0.25) is 41.4 Å². The van der Waals surface area contributed by atoms with Crippen LogP contribution < -0.4 is 37.2 Å². The van der Waals surface area contributed by atoms with Crippen molar-refractivity contribution in [1.29, 1.82) is 0 Å². The molecule has 12 atom stereocenters. The van der Waals surface area contributed by atoms with Crippen LogP contribution >= 0.6 is 24.8 Å². The molecule has 0 radical (unpaired) electrons. The summed E-state index contributed by atoms with van der Waals surface area (Å²) >= 11 is 0. The van der Waals surface area contributed by atoms with E-state index in [0.717, 1.165) is 49.7 Å². The molecule has 2 aromatic rings. The number of halogens is 2. The Kier molecular flexibility index (Phi) is 22.5. The number of likely N-dealkylation sites (tertiary alicyclic amines) is 2. The second-order valence-electron chi connectivity index (χ2n) is 23.7. The number of hydrogen-bond donors (Lipinski definition) is 7. The predicted octanol–water partition coefficient (Wildman–Crippen LogP) is 5.03. The van der Waals surface area contributed by atoms with Gasteiger partial charge in [0, 0.05) is 37.4 Å². The fourth-order valence-electron chi connectivity index (χ4n) is 11.1. The smallest absolute Gasteiger partial charge is 0.246 e. The molecule has 422 valence electrons. The van der Waals surface area contributed by atoms with Gasteiger partial charge in [-0.2, -0.15) is 0 Å². The van der Waals surface area contributed by atoms with Crippen molar-refractivity contribution in [2.75, 3.05) is 27.2 Å². The fourth-order valence-corrected chi connectivity index (χ4v) is 11.1. The van der Waals surface area contributed by atoms with Gasteiger partial charge in [0.25, 0.3) is 0 Å². The van der Waals surface area contributed by atoms with Crippen LogP contribution in [0.2, 0.25) is 0 Å². The number of rotatable bonds is 18. The number of benzene rings is 2. The Morgan fingerprint density at radius 1 is 0.566 bits per heavy atom. The minimum absolute atomic E-state index is 0. The molecule has 7 amide bonds. The minimum atomic E-state index is -0.987. The second kappa shape index (κ2) is 27.0. The zero-order valence-electron chi connectivity index (χ0n) is 46.8. The first-order valence-corrected chi connectivity index (χ1v) is 27.0. The first-order chi connectivity index (χ1) is 34.8. The zero-order valence-corrected chi connectivity index (χ0v) is 48.4. The summed E-state index contributed by atoms with van der Waals surface area (Å²) in [5.41, 5.74) is 2.97. The van der Waals surface area contributed by atoms with Crippen molar-refractivity contribution in [3.05, 3.63) is 70.8 Å². The van der Waals surface area contributed by atoms with Gasteiger partial charge in [0.15, 0.2) is 0 Å². The summed E-state index contributed by atoms with van der Waals surface area (Å²) in [6.07, 6.45) is 5.43. The molecule has 2 aromatic carbocycles. The number of likely N-dealkylation sites (N-methyl/N-ethyl adjacent to an activating group) is 2. The number of fused-ring (bicyclic) bond motifs is 2. The van der Waals surface area contributed by atoms with Crippen LogP contribution in [0.5, 0.6) is 0 Å². The van der Waals surface area contributed by atoms with Crippen LogP contribution in [0.15, 0.2) is 48.5 Å². The van der Waals surface area contributed by atoms with Crippen molar-refractivity contribution >= 4 is 71.9 Å². The van der Waals surface area contributed by atoms with Crippen molar-refractivity contribution in [1.82, 2.24) is 47.0 Å². The Hall–Kier alpha value is -5.10. The monoisotopic (exact) mass is 1100 g/mol. The molecule has 2 fully saturated rings. The van der Waals surface area contributed by atoms with Crippen LogP contribution in [0.3, 0.4) is 0 Å². The summed E-state index contributed by atoms with van der Waals surface area (Å²) in [5, 5.41) is 21.2. The molecule has 0 aromatic heterocycles. The lowest BCUT2D eigenvalue weighted by Gasteiger charge is -2.36. The number of carbonyl (C=O) groups excluding carboxylic acids is 8. The van der Waals surface area contributed by atoms with E-state index in [1.807, 2.05) is 77.9 Å². The lowest BCUT2D eigenvalue weighted by Crippen LogP contribution is -2.59. The molecule has 2 heterocycles. The van der Waals surface area contributed by atoms with E-state index in [-0.39, 0.29) is 98.7 Å². The molecule has 2 aliphatic carbocycles. The molecule has 17 nitrogen and oxygen atoms in total. The maximum absolute atomic E-state index is 14.7. The number of Topliss-reactive ketones (excluding diaryl/α,β-unsaturated/α-hetero) is 1. The molecule has 6 rings (SSSR count). The van der Waals surface area contributed by atoms with Gasteiger partial charge in [-0.1, -0.05) is 104 Å². The second-order valence-corrected chi connectivity index (χ2v) is 23.7. The highest BCUT2D eigenvalue weighted by molar-refractivity contribution is 5.96. The highest BCUT2D eigenvalue weighted by atomic mass is 35.5. The molecule has 76 heavy (non-hydrogen) atoms. The van der Waals surface area contributed by atoms with Crippen LogP contribution in [-0.2, 0) is 51.2 Å². The van der Waals surface area contributed by atoms with Crippen molar-refractivity contribution in [3.8, 4) is 0 Å². The predicted molar refractivity (Wildman–Crippen MR) is 298 cm³/mol. The molecule has 4 aliphatic rings. The molecular weight excluding hydrogens is 1010 g/mol. The highest BCUT2D eigenvalue weighted by Crippen LogP contribution is 2.36. The first kappa shape index (κ1) is 63.4. The van der Waals surface area contributed by atoms with Gasteiger partial charge >= 0.3 is 0 Å². The number of aryl methyl sites for hydroxylation is 2. The Morgan fingerprint density at radius 3 is 1.42 bits per heavy atom. The largest absolute Gasteiger partial charge is 0.351 e. The van der Waals surface area contributed by atoms with Gasteiger partial charge in [-0.25, -0.2) is 0 Å². The third-order valence-electron chi connectivity index (χ3n) is 16.2. The quantitative estimate of drug-likeness (QED) is 0.105. The van der Waals surface area contributed by atoms with Gasteiger partial charge in [-0.05, 0) is 118 Å². The topological polar surface area (TPSA) is 227 Å². The van der Waals surface area contributed by atoms with E-state index in [2.05, 4.69) is 49.4 Å². The third-order valence-corrected chi connectivity index (χ3v) is 16.2. The lowest BCUT2D eigenvalue weighted by molar-refractivity contribution is -0.144. The summed E-state index contributed by atoms with van der Waals surface area (Å²) in [4.78, 5) is 116. The Labute approximate surface area is 463 Å². The van der Waals surface area contributed by atoms with Crippen molar-refractivity contribution in [3.63, 3.8) is 0 Å². The summed E-state index contributed by atoms with van der Waals surface area (Å²) < 4.78 is 0. The number of carbonyl (C=O) groups is 8. The van der Waals surface area contributed by atoms with E-state index in [1.54, 1.807) is 41.8 Å². The number of hydrogen-bond acceptors (Lipinski definition) is 10. The molecule has 2 unspecified atom stereocenters. The van der Waals surface area contributed by atoms with Crippen LogP contribution in [0.25, 0.3) is 0 Å². The molecule has 19 heteroatoms. The molecule has 0 saturated carbocycles. The van der Waals surface area contributed by atoms with E-state index in [0.29, 0.717) is 0 Å². The van der Waals surface area contributed by atoms with Gasteiger partial charge in [-0.3, -0.25) is 38.4 Å². The summed E-state index contributed by atoms with van der Waals surface area (Å²) in [7, 11) is 3.32. The zero-order chi connectivity index (χ0) is 54.4. The number of amides is 7. The third kappa shape index (κ3) is 15.1. The Morgan fingerprint density at radius 2 is 0.987 bits per heavy atom. The SMILES string of the molecule is CN[C@@H](C)C(=O)N[C@H](C(=O)N1C[C@@H](CC(=O)C(C)C(C)C(=O)N[C@H]2C[C@@H](C(=O)N[C@@H]3CCCc4ccccc43)N(C(=O)[C@@H](NC(=O)[C@H](C)NC)C(C)(C)C)C2)C[C@H]1C(=O)N[C@@H]1CCCc2ccccc21)C(C)(C)C.Cl.Cl. The van der Waals surface area contributed by atoms with E-state index in [4.69, 9.17) is 0 Å². The highest BCUT2D eigenvalue weighted by Gasteiger charge is 2.48. The summed E-state index contributed by atoms with van der Waals surface area (Å²) in [6.45, 7) is 18.0. The normalized spacial score (nSPS) is 23.5. The summed E-state index contributed by atoms with van der Waals surface area (Å²) in [6, 6.07) is 9.95. The molecule has 7 N–H and O–H groups in total. The lowest BCUT2D eigenvalue weighted by atomic mass is 9.85.